The van der Waals surface area contributed by atoms with Crippen LogP contribution in [0.4, 0.5) is 8.78 Å². The van der Waals surface area contributed by atoms with Gasteiger partial charge in [0.15, 0.2) is 0 Å². The van der Waals surface area contributed by atoms with E-state index in [0.717, 1.165) is 5.56 Å². The molecule has 0 heterocycles. The Morgan fingerprint density at radius 1 is 1.16 bits per heavy atom. The summed E-state index contributed by atoms with van der Waals surface area (Å²) in [6.07, 6.45) is 0. The van der Waals surface area contributed by atoms with Crippen LogP contribution < -0.4 is 11.3 Å². The summed E-state index contributed by atoms with van der Waals surface area (Å²) in [7, 11) is 0. The molecule has 2 aromatic rings. The number of aryl methyl sites for hydroxylation is 1. The van der Waals surface area contributed by atoms with Crippen molar-refractivity contribution in [2.24, 2.45) is 5.84 Å². The zero-order valence-electron chi connectivity index (χ0n) is 10.3. The Morgan fingerprint density at radius 3 is 2.53 bits per heavy atom. The lowest BCUT2D eigenvalue weighted by molar-refractivity contribution is 0.593. The van der Waals surface area contributed by atoms with Gasteiger partial charge in [-0.25, -0.2) is 14.2 Å². The lowest BCUT2D eigenvalue weighted by Gasteiger charge is -2.19. The Labute approximate surface area is 115 Å². The highest BCUT2D eigenvalue weighted by Crippen LogP contribution is 2.27. The van der Waals surface area contributed by atoms with E-state index >= 15 is 0 Å². The summed E-state index contributed by atoms with van der Waals surface area (Å²) in [5.74, 6) is 4.62. The molecular weight excluding hydrogens is 270 g/mol. The standard InChI is InChI=1S/C14H13ClF2N2/c1-8-2-4-10(16)7-11(8)14(19-18)9-3-5-12(15)13(17)6-9/h2-7,14,19H,18H2,1H3. The number of hydrogen-bond acceptors (Lipinski definition) is 2. The van der Waals surface area contributed by atoms with Gasteiger partial charge in [-0.2, -0.15) is 0 Å². The first-order valence-electron chi connectivity index (χ1n) is 5.70. The van der Waals surface area contributed by atoms with E-state index in [1.165, 1.54) is 24.3 Å². The minimum Gasteiger partial charge on any atom is -0.271 e. The SMILES string of the molecule is Cc1ccc(F)cc1C(NN)c1ccc(Cl)c(F)c1. The lowest BCUT2D eigenvalue weighted by atomic mass is 9.95. The third-order valence-electron chi connectivity index (χ3n) is 3.00. The van der Waals surface area contributed by atoms with Gasteiger partial charge in [0.2, 0.25) is 0 Å². The molecule has 0 aliphatic carbocycles. The Bertz CT molecular complexity index is 602. The maximum atomic E-state index is 13.5. The van der Waals surface area contributed by atoms with E-state index in [4.69, 9.17) is 17.4 Å². The zero-order valence-corrected chi connectivity index (χ0v) is 11.0. The highest BCUT2D eigenvalue weighted by atomic mass is 35.5. The molecule has 2 rings (SSSR count). The lowest BCUT2D eigenvalue weighted by Crippen LogP contribution is -2.29. The summed E-state index contributed by atoms with van der Waals surface area (Å²) in [5, 5.41) is 0.0375. The van der Waals surface area contributed by atoms with Crippen molar-refractivity contribution < 1.29 is 8.78 Å². The third kappa shape index (κ3) is 2.92. The van der Waals surface area contributed by atoms with Gasteiger partial charge in [0, 0.05) is 0 Å². The Balaban J connectivity index is 2.49. The molecule has 0 saturated heterocycles. The zero-order chi connectivity index (χ0) is 14.0. The Kier molecular flexibility index (Phi) is 4.14. The van der Waals surface area contributed by atoms with Gasteiger partial charge in [-0.15, -0.1) is 0 Å². The fraction of sp³-hybridized carbons (Fsp3) is 0.143. The molecular formula is C14H13ClF2N2. The summed E-state index contributed by atoms with van der Waals surface area (Å²) in [4.78, 5) is 0. The van der Waals surface area contributed by atoms with E-state index in [2.05, 4.69) is 5.43 Å². The highest BCUT2D eigenvalue weighted by molar-refractivity contribution is 6.30. The van der Waals surface area contributed by atoms with E-state index < -0.39 is 11.9 Å². The fourth-order valence-corrected chi connectivity index (χ4v) is 2.10. The number of benzene rings is 2. The van der Waals surface area contributed by atoms with E-state index in [-0.39, 0.29) is 10.8 Å². The highest BCUT2D eigenvalue weighted by Gasteiger charge is 2.16. The van der Waals surface area contributed by atoms with Crippen molar-refractivity contribution >= 4 is 11.6 Å². The van der Waals surface area contributed by atoms with Crippen LogP contribution in [0.3, 0.4) is 0 Å². The molecule has 0 aromatic heterocycles. The van der Waals surface area contributed by atoms with Crippen LogP contribution in [0.5, 0.6) is 0 Å². The van der Waals surface area contributed by atoms with Gasteiger partial charge in [0.05, 0.1) is 11.1 Å². The topological polar surface area (TPSA) is 38.0 Å². The molecule has 0 aliphatic heterocycles. The van der Waals surface area contributed by atoms with Crippen molar-refractivity contribution in [3.05, 3.63) is 69.7 Å². The van der Waals surface area contributed by atoms with Gasteiger partial charge in [-0.05, 0) is 47.9 Å². The molecule has 0 fully saturated rings. The van der Waals surface area contributed by atoms with Gasteiger partial charge >= 0.3 is 0 Å². The molecule has 0 amide bonds. The molecule has 0 aliphatic rings. The van der Waals surface area contributed by atoms with Crippen molar-refractivity contribution in [1.82, 2.24) is 5.43 Å². The number of nitrogens with two attached hydrogens (primary N) is 1. The predicted molar refractivity (Wildman–Crippen MR) is 71.7 cm³/mol. The Morgan fingerprint density at radius 2 is 1.89 bits per heavy atom. The second-order valence-corrected chi connectivity index (χ2v) is 4.68. The van der Waals surface area contributed by atoms with Crippen LogP contribution in [0.15, 0.2) is 36.4 Å². The summed E-state index contributed by atoms with van der Waals surface area (Å²) in [6, 6.07) is 8.30. The minimum atomic E-state index is -0.534. The van der Waals surface area contributed by atoms with E-state index in [0.29, 0.717) is 11.1 Å². The maximum absolute atomic E-state index is 13.5. The predicted octanol–water partition coefficient (Wildman–Crippen LogP) is 3.48. The number of halogens is 3. The largest absolute Gasteiger partial charge is 0.271 e. The van der Waals surface area contributed by atoms with Crippen LogP contribution in [-0.2, 0) is 0 Å². The summed E-state index contributed by atoms with van der Waals surface area (Å²) in [5.41, 5.74) is 4.67. The number of nitrogens with one attached hydrogen (secondary N) is 1. The first-order valence-corrected chi connectivity index (χ1v) is 6.08. The molecule has 19 heavy (non-hydrogen) atoms. The molecule has 2 aromatic carbocycles. The molecule has 2 nitrogen and oxygen atoms in total. The fourth-order valence-electron chi connectivity index (χ4n) is 1.98. The van der Waals surface area contributed by atoms with Crippen molar-refractivity contribution in [2.45, 2.75) is 13.0 Å². The average molecular weight is 283 g/mol. The first-order chi connectivity index (χ1) is 9.02. The molecule has 100 valence electrons. The van der Waals surface area contributed by atoms with E-state index in [1.807, 2.05) is 6.92 Å². The van der Waals surface area contributed by atoms with Crippen molar-refractivity contribution in [3.8, 4) is 0 Å². The third-order valence-corrected chi connectivity index (χ3v) is 3.30. The van der Waals surface area contributed by atoms with Crippen molar-refractivity contribution in [1.29, 1.82) is 0 Å². The smallest absolute Gasteiger partial charge is 0.142 e. The van der Waals surface area contributed by atoms with Crippen molar-refractivity contribution in [2.75, 3.05) is 0 Å². The number of hydrogen-bond donors (Lipinski definition) is 2. The number of hydrazine groups is 1. The minimum absolute atomic E-state index is 0.0375. The van der Waals surface area contributed by atoms with E-state index in [1.54, 1.807) is 12.1 Å². The second kappa shape index (κ2) is 5.65. The van der Waals surface area contributed by atoms with Crippen LogP contribution >= 0.6 is 11.6 Å². The normalized spacial score (nSPS) is 12.5. The van der Waals surface area contributed by atoms with Gasteiger partial charge in [0.1, 0.15) is 11.6 Å². The second-order valence-electron chi connectivity index (χ2n) is 4.27. The van der Waals surface area contributed by atoms with Gasteiger partial charge < -0.3 is 0 Å². The van der Waals surface area contributed by atoms with Crippen LogP contribution in [0.2, 0.25) is 5.02 Å². The monoisotopic (exact) mass is 282 g/mol. The van der Waals surface area contributed by atoms with Crippen LogP contribution in [0.25, 0.3) is 0 Å². The molecule has 0 radical (unpaired) electrons. The van der Waals surface area contributed by atoms with Gasteiger partial charge in [-0.3, -0.25) is 5.84 Å². The number of rotatable bonds is 3. The first kappa shape index (κ1) is 13.9. The molecule has 3 N–H and O–H groups in total. The van der Waals surface area contributed by atoms with Crippen LogP contribution in [-0.4, -0.2) is 0 Å². The van der Waals surface area contributed by atoms with Crippen molar-refractivity contribution in [3.63, 3.8) is 0 Å². The molecule has 1 atom stereocenters. The molecule has 0 bridgehead atoms. The quantitative estimate of drug-likeness (QED) is 0.668. The average Bonchev–Trinajstić information content (AvgIpc) is 2.38. The Hall–Kier alpha value is -1.49. The van der Waals surface area contributed by atoms with Crippen LogP contribution in [0.1, 0.15) is 22.7 Å². The molecule has 1 unspecified atom stereocenters. The summed E-state index contributed by atoms with van der Waals surface area (Å²) < 4.78 is 26.8. The molecule has 5 heteroatoms. The van der Waals surface area contributed by atoms with Crippen LogP contribution in [0, 0.1) is 18.6 Å². The van der Waals surface area contributed by atoms with E-state index in [9.17, 15) is 8.78 Å². The molecule has 0 saturated carbocycles. The van der Waals surface area contributed by atoms with Gasteiger partial charge in [0.25, 0.3) is 0 Å². The summed E-state index contributed by atoms with van der Waals surface area (Å²) in [6.45, 7) is 1.84. The van der Waals surface area contributed by atoms with Gasteiger partial charge in [-0.1, -0.05) is 23.7 Å². The summed E-state index contributed by atoms with van der Waals surface area (Å²) >= 11 is 5.64. The maximum Gasteiger partial charge on any atom is 0.142 e. The molecule has 0 spiro atoms.